The fraction of sp³-hybridized carbons (Fsp3) is 0. The first-order valence-corrected chi connectivity index (χ1v) is 3.42. The first-order valence-electron chi connectivity index (χ1n) is 2.18. The third kappa shape index (κ3) is 7.48. The van der Waals surface area contributed by atoms with Gasteiger partial charge in [0.1, 0.15) is 12.7 Å². The van der Waals surface area contributed by atoms with Crippen LogP contribution in [0.2, 0.25) is 0 Å². The lowest BCUT2D eigenvalue weighted by atomic mass is 11.0. The number of nitrogens with zero attached hydrogens (tertiary/aromatic N) is 3. The Morgan fingerprint density at radius 3 is 2.33 bits per heavy atom. The highest BCUT2D eigenvalue weighted by atomic mass is 127. The molecule has 0 aliphatic rings. The minimum absolute atomic E-state index is 1.37. The van der Waals surface area contributed by atoms with Crippen LogP contribution in [-0.2, 0) is 0 Å². The summed E-state index contributed by atoms with van der Waals surface area (Å²) in [5.41, 5.74) is 0. The normalized spacial score (nSPS) is 12.1. The molecule has 0 aromatic carbocycles. The van der Waals surface area contributed by atoms with Gasteiger partial charge in [0.2, 0.25) is 0 Å². The number of hydrogen-bond acceptors (Lipinski definition) is 1. The molecule has 0 aliphatic heterocycles. The maximum absolute atomic E-state index is 3.69. The van der Waals surface area contributed by atoms with E-state index in [1.165, 1.54) is 18.9 Å². The Kier molecular flexibility index (Phi) is 7.05. The zero-order valence-electron chi connectivity index (χ0n) is 4.74. The van der Waals surface area contributed by atoms with Crippen molar-refractivity contribution in [2.45, 2.75) is 0 Å². The molecule has 9 heavy (non-hydrogen) atoms. The Bertz CT molecular complexity index is 148. The van der Waals surface area contributed by atoms with Crippen molar-refractivity contribution in [3.05, 3.63) is 12.8 Å². The molecule has 0 bridgehead atoms. The van der Waals surface area contributed by atoms with Crippen LogP contribution in [-0.4, -0.2) is 16.9 Å². The van der Waals surface area contributed by atoms with E-state index in [-0.39, 0.29) is 0 Å². The summed E-state index contributed by atoms with van der Waals surface area (Å²) in [7, 11) is 0. The van der Waals surface area contributed by atoms with Gasteiger partial charge in [-0.1, -0.05) is 6.58 Å². The number of aliphatic imine (C=N–C) groups is 3. The van der Waals surface area contributed by atoms with Gasteiger partial charge in [0.05, 0.1) is 4.22 Å². The highest BCUT2D eigenvalue weighted by Gasteiger charge is 1.58. The molecule has 0 saturated heterocycles. The van der Waals surface area contributed by atoms with Gasteiger partial charge in [-0.15, -0.1) is 0 Å². The molecular weight excluding hydrogens is 229 g/mol. The van der Waals surface area contributed by atoms with Gasteiger partial charge in [-0.3, -0.25) is 0 Å². The minimum Gasteiger partial charge on any atom is -0.245 e. The zero-order valence-corrected chi connectivity index (χ0v) is 6.89. The van der Waals surface area contributed by atoms with Crippen molar-refractivity contribution >= 4 is 39.5 Å². The molecule has 48 valence electrons. The molecule has 4 heteroatoms. The highest BCUT2D eigenvalue weighted by molar-refractivity contribution is 14.1. The largest absolute Gasteiger partial charge is 0.245 e. The predicted octanol–water partition coefficient (Wildman–Crippen LogP) is 1.65. The quantitative estimate of drug-likeness (QED) is 0.405. The van der Waals surface area contributed by atoms with E-state index < -0.39 is 0 Å². The molecule has 0 fully saturated rings. The van der Waals surface area contributed by atoms with Crippen LogP contribution < -0.4 is 0 Å². The summed E-state index contributed by atoms with van der Waals surface area (Å²) in [5, 5.41) is 0. The van der Waals surface area contributed by atoms with E-state index in [2.05, 4.69) is 21.6 Å². The fourth-order valence-electron chi connectivity index (χ4n) is 0.179. The first kappa shape index (κ1) is 8.48. The molecule has 0 heterocycles. The molecule has 3 nitrogen and oxygen atoms in total. The van der Waals surface area contributed by atoms with Gasteiger partial charge in [0.15, 0.2) is 0 Å². The summed E-state index contributed by atoms with van der Waals surface area (Å²) in [6.45, 7) is 3.37. The van der Waals surface area contributed by atoms with Crippen molar-refractivity contribution in [3.8, 4) is 0 Å². The van der Waals surface area contributed by atoms with Gasteiger partial charge >= 0.3 is 0 Å². The van der Waals surface area contributed by atoms with Crippen molar-refractivity contribution in [1.82, 2.24) is 0 Å². The van der Waals surface area contributed by atoms with Gasteiger partial charge < -0.3 is 0 Å². The smallest absolute Gasteiger partial charge is 0.117 e. The summed E-state index contributed by atoms with van der Waals surface area (Å²) >= 11 is 2.00. The van der Waals surface area contributed by atoms with E-state index in [9.17, 15) is 0 Å². The van der Waals surface area contributed by atoms with Gasteiger partial charge in [0.25, 0.3) is 0 Å². The van der Waals surface area contributed by atoms with Gasteiger partial charge in [-0.2, -0.15) is 0 Å². The van der Waals surface area contributed by atoms with Crippen LogP contribution in [0.25, 0.3) is 0 Å². The van der Waals surface area contributed by atoms with Crippen LogP contribution in [0.3, 0.4) is 0 Å². The van der Waals surface area contributed by atoms with Crippen LogP contribution in [0.5, 0.6) is 0 Å². The molecular formula is C5H6IN3. The van der Waals surface area contributed by atoms with Crippen LogP contribution in [0.4, 0.5) is 0 Å². The van der Waals surface area contributed by atoms with Crippen LogP contribution in [0, 0.1) is 0 Å². The Morgan fingerprint density at radius 1 is 1.11 bits per heavy atom. The molecule has 0 N–H and O–H groups in total. The van der Waals surface area contributed by atoms with E-state index in [4.69, 9.17) is 0 Å². The molecule has 0 saturated carbocycles. The van der Waals surface area contributed by atoms with Crippen LogP contribution in [0.1, 0.15) is 0 Å². The summed E-state index contributed by atoms with van der Waals surface area (Å²) < 4.78 is 1.61. The third-order valence-corrected chi connectivity index (χ3v) is 0.750. The lowest BCUT2D eigenvalue weighted by Gasteiger charge is -1.70. The molecule has 0 aromatic rings. The Labute approximate surface area is 67.5 Å². The standard InChI is InChI=1S/C5H6IN3/c1-2-7-4-9-5-8-3-6/h2-5H,1H2/b7-4-,8-3+,9-5-. The lowest BCUT2D eigenvalue weighted by molar-refractivity contribution is 1.56. The molecule has 0 atom stereocenters. The van der Waals surface area contributed by atoms with Gasteiger partial charge in [-0.25, -0.2) is 15.0 Å². The van der Waals surface area contributed by atoms with E-state index in [1.54, 1.807) is 4.22 Å². The summed E-state index contributed by atoms with van der Waals surface area (Å²) in [6, 6.07) is 0. The average Bonchev–Trinajstić information content (AvgIpc) is 1.89. The number of rotatable bonds is 3. The minimum atomic E-state index is 1.37. The maximum Gasteiger partial charge on any atom is 0.117 e. The second kappa shape index (κ2) is 7.48. The molecule has 0 aliphatic carbocycles. The number of halogens is 1. The maximum atomic E-state index is 3.69. The Hall–Kier alpha value is -0.520. The fourth-order valence-corrected chi connectivity index (χ4v) is 0.323. The average molecular weight is 235 g/mol. The van der Waals surface area contributed by atoms with Crippen molar-refractivity contribution < 1.29 is 0 Å². The van der Waals surface area contributed by atoms with E-state index in [0.717, 1.165) is 0 Å². The molecule has 0 amide bonds. The van der Waals surface area contributed by atoms with Crippen molar-refractivity contribution in [3.63, 3.8) is 0 Å². The van der Waals surface area contributed by atoms with Crippen LogP contribution in [0.15, 0.2) is 27.8 Å². The van der Waals surface area contributed by atoms with Gasteiger partial charge in [0, 0.05) is 6.20 Å². The molecule has 0 radical (unpaired) electrons. The second-order valence-corrected chi connectivity index (χ2v) is 1.52. The first-order chi connectivity index (χ1) is 4.41. The second-order valence-electron chi connectivity index (χ2n) is 0.958. The SMILES string of the molecule is C=C\N=C/N=C\N=C\I. The van der Waals surface area contributed by atoms with Gasteiger partial charge in [-0.05, 0) is 22.6 Å². The molecule has 0 unspecified atom stereocenters. The van der Waals surface area contributed by atoms with E-state index in [1.807, 2.05) is 22.6 Å². The monoisotopic (exact) mass is 235 g/mol. The zero-order chi connectivity index (χ0) is 6.95. The molecule has 0 rings (SSSR count). The van der Waals surface area contributed by atoms with Crippen molar-refractivity contribution in [2.24, 2.45) is 15.0 Å². The highest BCUT2D eigenvalue weighted by Crippen LogP contribution is 1.69. The predicted molar refractivity (Wildman–Crippen MR) is 49.7 cm³/mol. The summed E-state index contributed by atoms with van der Waals surface area (Å²) in [5.74, 6) is 0. The third-order valence-electron chi connectivity index (χ3n) is 0.428. The summed E-state index contributed by atoms with van der Waals surface area (Å²) in [6.07, 6.45) is 4.18. The summed E-state index contributed by atoms with van der Waals surface area (Å²) in [4.78, 5) is 11.0. The molecule has 0 aromatic heterocycles. The van der Waals surface area contributed by atoms with Crippen molar-refractivity contribution in [1.29, 1.82) is 0 Å². The number of hydrogen-bond donors (Lipinski definition) is 0. The Morgan fingerprint density at radius 2 is 1.78 bits per heavy atom. The van der Waals surface area contributed by atoms with E-state index in [0.29, 0.717) is 0 Å². The lowest BCUT2D eigenvalue weighted by Crippen LogP contribution is -1.66. The van der Waals surface area contributed by atoms with Crippen LogP contribution >= 0.6 is 22.6 Å². The van der Waals surface area contributed by atoms with Crippen molar-refractivity contribution in [2.75, 3.05) is 0 Å². The Balaban J connectivity index is 3.46. The molecule has 0 spiro atoms. The topological polar surface area (TPSA) is 37.1 Å². The van der Waals surface area contributed by atoms with E-state index >= 15 is 0 Å².